The lowest BCUT2D eigenvalue weighted by Gasteiger charge is -2.04. The van der Waals surface area contributed by atoms with E-state index in [1.807, 2.05) is 24.5 Å². The molecule has 0 aromatic carbocycles. The van der Waals surface area contributed by atoms with Crippen molar-refractivity contribution in [3.05, 3.63) is 33.9 Å². The normalized spacial score (nSPS) is 11.3. The molecular formula is C13H15N5S. The standard InChI is InChI=1S/C13H15N5S/c1-8-3-5-15-12-11(8)17-13(14)18(12)6-4-10-16-9(2)7-19-10/h3,5,7H,4,6H2,1-2H3,(H2,14,17). The van der Waals surface area contributed by atoms with Crippen molar-refractivity contribution in [2.45, 2.75) is 26.8 Å². The van der Waals surface area contributed by atoms with Gasteiger partial charge in [-0.05, 0) is 25.5 Å². The Morgan fingerprint density at radius 1 is 1.32 bits per heavy atom. The van der Waals surface area contributed by atoms with Crippen LogP contribution in [0.25, 0.3) is 11.2 Å². The van der Waals surface area contributed by atoms with E-state index in [9.17, 15) is 0 Å². The zero-order valence-electron chi connectivity index (χ0n) is 10.9. The lowest BCUT2D eigenvalue weighted by molar-refractivity contribution is 0.715. The Balaban J connectivity index is 1.92. The quantitative estimate of drug-likeness (QED) is 0.795. The summed E-state index contributed by atoms with van der Waals surface area (Å²) in [5.74, 6) is 0.519. The predicted molar refractivity (Wildman–Crippen MR) is 77.2 cm³/mol. The first-order chi connectivity index (χ1) is 9.15. The van der Waals surface area contributed by atoms with Gasteiger partial charge in [0.25, 0.3) is 0 Å². The highest BCUT2D eigenvalue weighted by Gasteiger charge is 2.11. The Morgan fingerprint density at radius 3 is 2.89 bits per heavy atom. The third-order valence-corrected chi connectivity index (χ3v) is 4.11. The maximum atomic E-state index is 5.99. The predicted octanol–water partition coefficient (Wildman–Crippen LogP) is 2.33. The Bertz CT molecular complexity index is 728. The van der Waals surface area contributed by atoms with Gasteiger partial charge in [-0.25, -0.2) is 15.0 Å². The van der Waals surface area contributed by atoms with E-state index in [0.29, 0.717) is 5.95 Å². The van der Waals surface area contributed by atoms with Gasteiger partial charge in [-0.1, -0.05) is 0 Å². The van der Waals surface area contributed by atoms with E-state index < -0.39 is 0 Å². The minimum atomic E-state index is 0.519. The zero-order chi connectivity index (χ0) is 13.4. The molecular weight excluding hydrogens is 258 g/mol. The molecule has 0 radical (unpaired) electrons. The second-order valence-electron chi connectivity index (χ2n) is 4.55. The molecule has 0 saturated carbocycles. The number of nitrogens with zero attached hydrogens (tertiary/aromatic N) is 4. The van der Waals surface area contributed by atoms with Crippen molar-refractivity contribution in [2.24, 2.45) is 0 Å². The van der Waals surface area contributed by atoms with Crippen LogP contribution in [0.15, 0.2) is 17.6 Å². The second-order valence-corrected chi connectivity index (χ2v) is 5.50. The highest BCUT2D eigenvalue weighted by atomic mass is 32.1. The van der Waals surface area contributed by atoms with Gasteiger partial charge in [-0.15, -0.1) is 11.3 Å². The number of anilines is 1. The molecule has 0 unspecified atom stereocenters. The molecule has 0 aliphatic rings. The second kappa shape index (κ2) is 4.62. The van der Waals surface area contributed by atoms with E-state index in [4.69, 9.17) is 5.73 Å². The molecule has 0 fully saturated rings. The van der Waals surface area contributed by atoms with Crippen LogP contribution < -0.4 is 5.73 Å². The molecule has 0 spiro atoms. The van der Waals surface area contributed by atoms with E-state index in [1.165, 1.54) is 0 Å². The van der Waals surface area contributed by atoms with Crippen molar-refractivity contribution >= 4 is 28.4 Å². The minimum Gasteiger partial charge on any atom is -0.369 e. The summed E-state index contributed by atoms with van der Waals surface area (Å²) in [7, 11) is 0. The molecule has 0 aliphatic heterocycles. The molecule has 98 valence electrons. The molecule has 3 aromatic heterocycles. The van der Waals surface area contributed by atoms with E-state index in [1.54, 1.807) is 17.5 Å². The lowest BCUT2D eigenvalue weighted by Crippen LogP contribution is -2.06. The van der Waals surface area contributed by atoms with Crippen LogP contribution in [0.1, 0.15) is 16.3 Å². The molecule has 0 saturated heterocycles. The fraction of sp³-hybridized carbons (Fsp3) is 0.308. The number of nitrogens with two attached hydrogens (primary N) is 1. The number of thiazole rings is 1. The van der Waals surface area contributed by atoms with Crippen molar-refractivity contribution in [3.8, 4) is 0 Å². The SMILES string of the molecule is Cc1csc(CCn2c(N)nc3c(C)ccnc32)n1. The number of fused-ring (bicyclic) bond motifs is 1. The summed E-state index contributed by atoms with van der Waals surface area (Å²) in [5, 5.41) is 3.18. The summed E-state index contributed by atoms with van der Waals surface area (Å²) >= 11 is 1.68. The van der Waals surface area contributed by atoms with Gasteiger partial charge in [0, 0.05) is 30.2 Å². The van der Waals surface area contributed by atoms with Crippen molar-refractivity contribution < 1.29 is 0 Å². The first-order valence-electron chi connectivity index (χ1n) is 6.13. The number of imidazole rings is 1. The van der Waals surface area contributed by atoms with Crippen molar-refractivity contribution in [3.63, 3.8) is 0 Å². The molecule has 19 heavy (non-hydrogen) atoms. The number of aromatic nitrogens is 4. The monoisotopic (exact) mass is 273 g/mol. The first kappa shape index (κ1) is 12.1. The topological polar surface area (TPSA) is 69.6 Å². The fourth-order valence-electron chi connectivity index (χ4n) is 2.10. The van der Waals surface area contributed by atoms with Crippen LogP contribution in [0, 0.1) is 13.8 Å². The number of aryl methyl sites for hydroxylation is 4. The Labute approximate surface area is 115 Å². The summed E-state index contributed by atoms with van der Waals surface area (Å²) in [6.45, 7) is 4.78. The zero-order valence-corrected chi connectivity index (χ0v) is 11.7. The molecule has 0 amide bonds. The van der Waals surface area contributed by atoms with Gasteiger partial charge in [-0.2, -0.15) is 0 Å². The molecule has 3 aromatic rings. The number of hydrogen-bond acceptors (Lipinski definition) is 5. The summed E-state index contributed by atoms with van der Waals surface area (Å²) in [5.41, 5.74) is 9.89. The van der Waals surface area contributed by atoms with Crippen LogP contribution in [-0.2, 0) is 13.0 Å². The van der Waals surface area contributed by atoms with Gasteiger partial charge in [-0.3, -0.25) is 4.57 Å². The molecule has 0 bridgehead atoms. The van der Waals surface area contributed by atoms with Crippen LogP contribution in [0.2, 0.25) is 0 Å². The summed E-state index contributed by atoms with van der Waals surface area (Å²) in [4.78, 5) is 13.2. The van der Waals surface area contributed by atoms with Gasteiger partial charge >= 0.3 is 0 Å². The average molecular weight is 273 g/mol. The van der Waals surface area contributed by atoms with Crippen LogP contribution in [-0.4, -0.2) is 19.5 Å². The van der Waals surface area contributed by atoms with Gasteiger partial charge in [0.05, 0.1) is 5.01 Å². The summed E-state index contributed by atoms with van der Waals surface area (Å²) < 4.78 is 1.96. The maximum Gasteiger partial charge on any atom is 0.202 e. The minimum absolute atomic E-state index is 0.519. The molecule has 3 rings (SSSR count). The van der Waals surface area contributed by atoms with E-state index in [-0.39, 0.29) is 0 Å². The van der Waals surface area contributed by atoms with Gasteiger partial charge in [0.1, 0.15) is 5.52 Å². The van der Waals surface area contributed by atoms with Crippen LogP contribution in [0.5, 0.6) is 0 Å². The van der Waals surface area contributed by atoms with Crippen LogP contribution in [0.3, 0.4) is 0 Å². The number of hydrogen-bond donors (Lipinski definition) is 1. The molecule has 6 heteroatoms. The maximum absolute atomic E-state index is 5.99. The molecule has 0 aliphatic carbocycles. The largest absolute Gasteiger partial charge is 0.369 e. The van der Waals surface area contributed by atoms with E-state index in [0.717, 1.165) is 40.4 Å². The van der Waals surface area contributed by atoms with Crippen LogP contribution in [0.4, 0.5) is 5.95 Å². The first-order valence-corrected chi connectivity index (χ1v) is 7.01. The van der Waals surface area contributed by atoms with Crippen molar-refractivity contribution in [2.75, 3.05) is 5.73 Å². The van der Waals surface area contributed by atoms with Gasteiger partial charge in [0.15, 0.2) is 5.65 Å². The van der Waals surface area contributed by atoms with Gasteiger partial charge in [0.2, 0.25) is 5.95 Å². The number of rotatable bonds is 3. The van der Waals surface area contributed by atoms with Crippen molar-refractivity contribution in [1.29, 1.82) is 0 Å². The highest BCUT2D eigenvalue weighted by Crippen LogP contribution is 2.19. The van der Waals surface area contributed by atoms with E-state index in [2.05, 4.69) is 20.3 Å². The Kier molecular flexibility index (Phi) is 2.94. The van der Waals surface area contributed by atoms with E-state index >= 15 is 0 Å². The Morgan fingerprint density at radius 2 is 2.16 bits per heavy atom. The average Bonchev–Trinajstić information content (AvgIpc) is 2.92. The third-order valence-electron chi connectivity index (χ3n) is 3.08. The number of pyridine rings is 1. The molecule has 0 atom stereocenters. The number of nitrogen functional groups attached to an aromatic ring is 1. The smallest absolute Gasteiger partial charge is 0.202 e. The third kappa shape index (κ3) is 2.19. The van der Waals surface area contributed by atoms with Crippen LogP contribution >= 0.6 is 11.3 Å². The Hall–Kier alpha value is -1.95. The summed E-state index contributed by atoms with van der Waals surface area (Å²) in [6.07, 6.45) is 2.65. The molecule has 5 nitrogen and oxygen atoms in total. The highest BCUT2D eigenvalue weighted by molar-refractivity contribution is 7.09. The fourth-order valence-corrected chi connectivity index (χ4v) is 2.87. The van der Waals surface area contributed by atoms with Crippen molar-refractivity contribution in [1.82, 2.24) is 19.5 Å². The molecule has 2 N–H and O–H groups in total. The molecule has 3 heterocycles. The summed E-state index contributed by atoms with van der Waals surface area (Å²) in [6, 6.07) is 1.95. The lowest BCUT2D eigenvalue weighted by atomic mass is 10.3. The van der Waals surface area contributed by atoms with Gasteiger partial charge < -0.3 is 5.73 Å².